The normalized spacial score (nSPS) is 22.9. The molecule has 1 aromatic heterocycles. The number of hydrogen-bond donors (Lipinski definition) is 1. The minimum Gasteiger partial charge on any atom is -0.444 e. The predicted molar refractivity (Wildman–Crippen MR) is 180 cm³/mol. The molecule has 0 radical (unpaired) electrons. The molecule has 3 aromatic rings. The molecule has 46 heavy (non-hydrogen) atoms. The van der Waals surface area contributed by atoms with Crippen molar-refractivity contribution >= 4 is 12.1 Å². The largest absolute Gasteiger partial charge is 0.444 e. The number of pyridine rings is 1. The number of aromatic nitrogens is 1. The van der Waals surface area contributed by atoms with Crippen molar-refractivity contribution in [2.45, 2.75) is 89.9 Å². The van der Waals surface area contributed by atoms with Crippen molar-refractivity contribution in [3.8, 4) is 11.1 Å². The molecule has 1 spiro atoms. The van der Waals surface area contributed by atoms with Gasteiger partial charge >= 0.3 is 12.1 Å². The van der Waals surface area contributed by atoms with E-state index in [0.717, 1.165) is 55.3 Å². The molecule has 2 aliphatic heterocycles. The first-order chi connectivity index (χ1) is 22.1. The SMILES string of the molecule is CC(C)(C)OC(=O)N[C@@H]1CCN(C(=O)N2CC[C@H](Cn3ccc(-c4ccccc4)cc3=O)C3(CCCC3)C2)[C@H](c2ccccc2)C1. The zero-order chi connectivity index (χ0) is 32.3. The Morgan fingerprint density at radius 1 is 0.913 bits per heavy atom. The molecule has 3 heterocycles. The van der Waals surface area contributed by atoms with Gasteiger partial charge in [-0.05, 0) is 87.0 Å². The molecule has 8 heteroatoms. The standard InChI is InChI=1S/C38H48N4O4/c1-37(2,3)46-35(44)39-32-18-23-42(33(25-32)29-14-8-5-9-15-29)36(45)41-22-17-31(38(27-41)19-10-11-20-38)26-40-21-16-30(24-34(40)43)28-12-6-4-7-13-28/h4-9,12-16,21,24,31-33H,10-11,17-20,22-23,25-27H2,1-3H3,(H,39,44)/t31-,32-,33+/m1/s1. The number of nitrogens with zero attached hydrogens (tertiary/aromatic N) is 3. The van der Waals surface area contributed by atoms with Gasteiger partial charge in [0.05, 0.1) is 6.04 Å². The van der Waals surface area contributed by atoms with Crippen LogP contribution in [0.25, 0.3) is 11.1 Å². The quantitative estimate of drug-likeness (QED) is 0.324. The van der Waals surface area contributed by atoms with E-state index >= 15 is 0 Å². The fourth-order valence-electron chi connectivity index (χ4n) is 7.98. The lowest BCUT2D eigenvalue weighted by molar-refractivity contribution is 0.0195. The Bertz CT molecular complexity index is 1560. The van der Waals surface area contributed by atoms with E-state index in [1.165, 1.54) is 0 Å². The highest BCUT2D eigenvalue weighted by atomic mass is 16.6. The van der Waals surface area contributed by atoms with Crippen molar-refractivity contribution in [1.29, 1.82) is 0 Å². The first-order valence-electron chi connectivity index (χ1n) is 17.0. The number of rotatable bonds is 5. The lowest BCUT2D eigenvalue weighted by atomic mass is 9.69. The number of likely N-dealkylation sites (tertiary alicyclic amines) is 2. The minimum atomic E-state index is -0.568. The minimum absolute atomic E-state index is 0.0181. The van der Waals surface area contributed by atoms with Gasteiger partial charge in [-0.1, -0.05) is 73.5 Å². The van der Waals surface area contributed by atoms with E-state index in [9.17, 15) is 14.4 Å². The molecule has 3 amide bonds. The number of amides is 3. The molecule has 8 nitrogen and oxygen atoms in total. The molecule has 1 saturated carbocycles. The Kier molecular flexibility index (Phi) is 9.25. The first kappa shape index (κ1) is 31.9. The molecule has 6 rings (SSSR count). The van der Waals surface area contributed by atoms with Gasteiger partial charge in [0.15, 0.2) is 0 Å². The smallest absolute Gasteiger partial charge is 0.407 e. The number of alkyl carbamates (subject to hydrolysis) is 1. The summed E-state index contributed by atoms with van der Waals surface area (Å²) < 4.78 is 7.41. The Hall–Kier alpha value is -4.07. The molecule has 3 atom stereocenters. The Morgan fingerprint density at radius 2 is 1.61 bits per heavy atom. The van der Waals surface area contributed by atoms with Crippen LogP contribution in [0, 0.1) is 11.3 Å². The molecule has 3 aliphatic rings. The van der Waals surface area contributed by atoms with Crippen LogP contribution in [-0.2, 0) is 11.3 Å². The van der Waals surface area contributed by atoms with Gasteiger partial charge < -0.3 is 24.4 Å². The van der Waals surface area contributed by atoms with Crippen LogP contribution in [0.1, 0.15) is 77.3 Å². The van der Waals surface area contributed by atoms with Crippen molar-refractivity contribution in [1.82, 2.24) is 19.7 Å². The van der Waals surface area contributed by atoms with Crippen molar-refractivity contribution < 1.29 is 14.3 Å². The van der Waals surface area contributed by atoms with Crippen LogP contribution < -0.4 is 10.9 Å². The van der Waals surface area contributed by atoms with Gasteiger partial charge in [0.1, 0.15) is 5.60 Å². The first-order valence-corrected chi connectivity index (χ1v) is 17.0. The summed E-state index contributed by atoms with van der Waals surface area (Å²) in [4.78, 5) is 44.3. The van der Waals surface area contributed by atoms with Gasteiger partial charge in [0.2, 0.25) is 0 Å². The topological polar surface area (TPSA) is 83.9 Å². The molecule has 0 bridgehead atoms. The zero-order valence-electron chi connectivity index (χ0n) is 27.5. The third-order valence-corrected chi connectivity index (χ3v) is 10.3. The summed E-state index contributed by atoms with van der Waals surface area (Å²) in [6.07, 6.45) is 8.23. The monoisotopic (exact) mass is 624 g/mol. The highest BCUT2D eigenvalue weighted by Crippen LogP contribution is 2.49. The Morgan fingerprint density at radius 3 is 2.28 bits per heavy atom. The van der Waals surface area contributed by atoms with E-state index in [1.54, 1.807) is 6.07 Å². The molecule has 244 valence electrons. The Labute approximate surface area is 272 Å². The van der Waals surface area contributed by atoms with Gasteiger partial charge in [-0.15, -0.1) is 0 Å². The van der Waals surface area contributed by atoms with E-state index in [0.29, 0.717) is 38.4 Å². The van der Waals surface area contributed by atoms with Gasteiger partial charge in [-0.2, -0.15) is 0 Å². The average molecular weight is 625 g/mol. The van der Waals surface area contributed by atoms with E-state index in [1.807, 2.05) is 91.0 Å². The van der Waals surface area contributed by atoms with Crippen LogP contribution in [0.2, 0.25) is 0 Å². The van der Waals surface area contributed by atoms with Gasteiger partial charge in [-0.25, -0.2) is 9.59 Å². The molecule has 0 unspecified atom stereocenters. The lowest BCUT2D eigenvalue weighted by Gasteiger charge is -2.49. The summed E-state index contributed by atoms with van der Waals surface area (Å²) in [5, 5.41) is 3.06. The van der Waals surface area contributed by atoms with Crippen LogP contribution in [0.3, 0.4) is 0 Å². The fourth-order valence-corrected chi connectivity index (χ4v) is 7.98. The van der Waals surface area contributed by atoms with E-state index in [-0.39, 0.29) is 29.1 Å². The molecular weight excluding hydrogens is 576 g/mol. The number of carbonyl (C=O) groups is 2. The number of urea groups is 1. The number of ether oxygens (including phenoxy) is 1. The second-order valence-electron chi connectivity index (χ2n) is 14.5. The summed E-state index contributed by atoms with van der Waals surface area (Å²) in [5.41, 5.74) is 2.54. The Balaban J connectivity index is 1.16. The highest BCUT2D eigenvalue weighted by Gasteiger charge is 2.47. The van der Waals surface area contributed by atoms with Gasteiger partial charge in [-0.3, -0.25) is 4.79 Å². The number of benzene rings is 2. The molecule has 1 N–H and O–H groups in total. The zero-order valence-corrected chi connectivity index (χ0v) is 27.5. The van der Waals surface area contributed by atoms with E-state index in [4.69, 9.17) is 4.74 Å². The molecule has 2 saturated heterocycles. The maximum atomic E-state index is 14.4. The number of nitrogens with one attached hydrogen (secondary N) is 1. The van der Waals surface area contributed by atoms with Crippen LogP contribution in [0.15, 0.2) is 83.8 Å². The second-order valence-corrected chi connectivity index (χ2v) is 14.5. The fraction of sp³-hybridized carbons (Fsp3) is 0.500. The van der Waals surface area contributed by atoms with Crippen LogP contribution in [-0.4, -0.2) is 57.8 Å². The van der Waals surface area contributed by atoms with Crippen molar-refractivity contribution in [2.24, 2.45) is 11.3 Å². The number of hydrogen-bond acceptors (Lipinski definition) is 4. The molecule has 2 aromatic carbocycles. The van der Waals surface area contributed by atoms with Gasteiger partial charge in [0.25, 0.3) is 5.56 Å². The maximum absolute atomic E-state index is 14.4. The van der Waals surface area contributed by atoms with Crippen molar-refractivity contribution in [3.05, 3.63) is 94.9 Å². The van der Waals surface area contributed by atoms with Gasteiger partial charge in [0, 0.05) is 44.5 Å². The number of carbonyl (C=O) groups excluding carboxylic acids is 2. The van der Waals surface area contributed by atoms with E-state index < -0.39 is 11.7 Å². The summed E-state index contributed by atoms with van der Waals surface area (Å²) in [6.45, 7) is 8.24. The average Bonchev–Trinajstić information content (AvgIpc) is 3.51. The van der Waals surface area contributed by atoms with E-state index in [2.05, 4.69) is 22.3 Å². The summed E-state index contributed by atoms with van der Waals surface area (Å²) in [5.74, 6) is 0.341. The predicted octanol–water partition coefficient (Wildman–Crippen LogP) is 7.25. The third kappa shape index (κ3) is 7.16. The van der Waals surface area contributed by atoms with Crippen LogP contribution in [0.5, 0.6) is 0 Å². The third-order valence-electron chi connectivity index (χ3n) is 10.3. The maximum Gasteiger partial charge on any atom is 0.407 e. The summed E-state index contributed by atoms with van der Waals surface area (Å²) in [7, 11) is 0. The second kappa shape index (κ2) is 13.3. The van der Waals surface area contributed by atoms with Crippen molar-refractivity contribution in [2.75, 3.05) is 19.6 Å². The molecule has 3 fully saturated rings. The summed E-state index contributed by atoms with van der Waals surface area (Å²) in [6, 6.07) is 23.8. The summed E-state index contributed by atoms with van der Waals surface area (Å²) >= 11 is 0. The van der Waals surface area contributed by atoms with Crippen LogP contribution in [0.4, 0.5) is 9.59 Å². The molecule has 1 aliphatic carbocycles. The highest BCUT2D eigenvalue weighted by molar-refractivity contribution is 5.75. The lowest BCUT2D eigenvalue weighted by Crippen LogP contribution is -2.57. The van der Waals surface area contributed by atoms with Crippen molar-refractivity contribution in [3.63, 3.8) is 0 Å². The number of piperidine rings is 2. The molecular formula is C38H48N4O4. The van der Waals surface area contributed by atoms with Crippen LogP contribution >= 0.6 is 0 Å².